The molecule has 6 nitrogen and oxygen atoms in total. The Labute approximate surface area is 118 Å². The Bertz CT molecular complexity index is 439. The number of nitrogens with two attached hydrogens (primary N) is 1. The molecule has 3 N–H and O–H groups in total. The summed E-state index contributed by atoms with van der Waals surface area (Å²) in [7, 11) is 0. The van der Waals surface area contributed by atoms with Gasteiger partial charge in [0.25, 0.3) is 0 Å². The summed E-state index contributed by atoms with van der Waals surface area (Å²) in [5.41, 5.74) is 5.00. The van der Waals surface area contributed by atoms with Gasteiger partial charge in [-0.2, -0.15) is 0 Å². The number of amides is 3. The minimum Gasteiger partial charge on any atom is -0.467 e. The molecule has 1 fully saturated rings. The van der Waals surface area contributed by atoms with Gasteiger partial charge < -0.3 is 20.4 Å². The lowest BCUT2D eigenvalue weighted by atomic mass is 10.2. The van der Waals surface area contributed by atoms with Gasteiger partial charge in [-0.25, -0.2) is 4.79 Å². The maximum absolute atomic E-state index is 12.3. The van der Waals surface area contributed by atoms with Crippen molar-refractivity contribution in [2.24, 2.45) is 5.73 Å². The maximum atomic E-state index is 12.3. The molecule has 0 aromatic carbocycles. The lowest BCUT2D eigenvalue weighted by molar-refractivity contribution is -0.134. The number of hydrogen-bond donors (Lipinski definition) is 2. The van der Waals surface area contributed by atoms with Crippen LogP contribution >= 0.6 is 0 Å². The molecule has 1 heterocycles. The zero-order valence-electron chi connectivity index (χ0n) is 11.5. The van der Waals surface area contributed by atoms with E-state index in [1.54, 1.807) is 6.26 Å². The molecule has 20 heavy (non-hydrogen) atoms. The fourth-order valence-electron chi connectivity index (χ4n) is 2.64. The van der Waals surface area contributed by atoms with E-state index < -0.39 is 6.03 Å². The van der Waals surface area contributed by atoms with E-state index in [0.29, 0.717) is 6.54 Å². The largest absolute Gasteiger partial charge is 0.467 e. The minimum atomic E-state index is -0.601. The Balaban J connectivity index is 1.94. The van der Waals surface area contributed by atoms with Gasteiger partial charge >= 0.3 is 6.03 Å². The quantitative estimate of drug-likeness (QED) is 0.829. The third-order valence-electron chi connectivity index (χ3n) is 3.63. The molecular formula is C14H21N3O3. The van der Waals surface area contributed by atoms with Crippen LogP contribution in [0, 0.1) is 0 Å². The van der Waals surface area contributed by atoms with Crippen molar-refractivity contribution in [3.05, 3.63) is 24.2 Å². The topological polar surface area (TPSA) is 88.6 Å². The molecule has 0 atom stereocenters. The summed E-state index contributed by atoms with van der Waals surface area (Å²) in [4.78, 5) is 24.8. The molecule has 0 saturated heterocycles. The van der Waals surface area contributed by atoms with Gasteiger partial charge in [0.15, 0.2) is 0 Å². The Morgan fingerprint density at radius 1 is 1.40 bits per heavy atom. The van der Waals surface area contributed by atoms with Crippen LogP contribution in [0.15, 0.2) is 22.8 Å². The van der Waals surface area contributed by atoms with Crippen LogP contribution in [-0.2, 0) is 11.3 Å². The van der Waals surface area contributed by atoms with Crippen molar-refractivity contribution in [2.75, 3.05) is 6.54 Å². The van der Waals surface area contributed by atoms with Gasteiger partial charge in [-0.15, -0.1) is 0 Å². The van der Waals surface area contributed by atoms with E-state index in [-0.39, 0.29) is 24.9 Å². The van der Waals surface area contributed by atoms with Crippen molar-refractivity contribution in [1.29, 1.82) is 0 Å². The molecule has 0 aliphatic heterocycles. The highest BCUT2D eigenvalue weighted by Crippen LogP contribution is 2.25. The molecule has 1 saturated carbocycles. The van der Waals surface area contributed by atoms with Gasteiger partial charge in [0.2, 0.25) is 5.91 Å². The van der Waals surface area contributed by atoms with Crippen LogP contribution in [0.3, 0.4) is 0 Å². The van der Waals surface area contributed by atoms with E-state index in [2.05, 4.69) is 5.32 Å². The van der Waals surface area contributed by atoms with Crippen LogP contribution in [0.1, 0.15) is 37.9 Å². The second-order valence-corrected chi connectivity index (χ2v) is 5.08. The highest BCUT2D eigenvalue weighted by Gasteiger charge is 2.27. The molecule has 1 aromatic rings. The molecule has 0 bridgehead atoms. The first-order valence-electron chi connectivity index (χ1n) is 7.02. The average molecular weight is 279 g/mol. The van der Waals surface area contributed by atoms with Crippen molar-refractivity contribution < 1.29 is 14.0 Å². The third kappa shape index (κ3) is 4.01. The van der Waals surface area contributed by atoms with E-state index in [9.17, 15) is 9.59 Å². The Morgan fingerprint density at radius 3 is 2.75 bits per heavy atom. The van der Waals surface area contributed by atoms with E-state index in [4.69, 9.17) is 10.2 Å². The average Bonchev–Trinajstić information content (AvgIpc) is 3.08. The molecule has 1 aromatic heterocycles. The number of furan rings is 1. The fraction of sp³-hybridized carbons (Fsp3) is 0.571. The van der Waals surface area contributed by atoms with Crippen molar-refractivity contribution in [3.63, 3.8) is 0 Å². The van der Waals surface area contributed by atoms with Gasteiger partial charge in [-0.3, -0.25) is 4.79 Å². The van der Waals surface area contributed by atoms with E-state index in [0.717, 1.165) is 31.4 Å². The van der Waals surface area contributed by atoms with Crippen molar-refractivity contribution in [1.82, 2.24) is 10.2 Å². The van der Waals surface area contributed by atoms with Crippen LogP contribution in [0.5, 0.6) is 0 Å². The van der Waals surface area contributed by atoms with E-state index in [1.165, 1.54) is 0 Å². The monoisotopic (exact) mass is 279 g/mol. The van der Waals surface area contributed by atoms with E-state index >= 15 is 0 Å². The molecule has 1 aliphatic carbocycles. The summed E-state index contributed by atoms with van der Waals surface area (Å²) in [6.07, 6.45) is 6.27. The first-order chi connectivity index (χ1) is 9.66. The van der Waals surface area contributed by atoms with Crippen LogP contribution in [0.4, 0.5) is 4.79 Å². The van der Waals surface area contributed by atoms with Crippen molar-refractivity contribution >= 4 is 11.9 Å². The summed E-state index contributed by atoms with van der Waals surface area (Å²) >= 11 is 0. The predicted octanol–water partition coefficient (Wildman–Crippen LogP) is 1.61. The Morgan fingerprint density at radius 2 is 2.15 bits per heavy atom. The fourth-order valence-corrected chi connectivity index (χ4v) is 2.64. The molecule has 2 rings (SSSR count). The highest BCUT2D eigenvalue weighted by atomic mass is 16.3. The van der Waals surface area contributed by atoms with Gasteiger partial charge in [0.05, 0.1) is 12.8 Å². The van der Waals surface area contributed by atoms with Crippen LogP contribution in [0.25, 0.3) is 0 Å². The number of rotatable bonds is 6. The summed E-state index contributed by atoms with van der Waals surface area (Å²) in [5, 5.41) is 2.45. The molecule has 1 aliphatic rings. The summed E-state index contributed by atoms with van der Waals surface area (Å²) in [6, 6.07) is 3.37. The zero-order chi connectivity index (χ0) is 14.4. The molecule has 0 unspecified atom stereocenters. The van der Waals surface area contributed by atoms with Crippen LogP contribution < -0.4 is 11.1 Å². The predicted molar refractivity (Wildman–Crippen MR) is 73.7 cm³/mol. The number of hydrogen-bond acceptors (Lipinski definition) is 3. The second-order valence-electron chi connectivity index (χ2n) is 5.08. The number of primary amides is 1. The van der Waals surface area contributed by atoms with Crippen LogP contribution in [0.2, 0.25) is 0 Å². The van der Waals surface area contributed by atoms with E-state index in [1.807, 2.05) is 17.0 Å². The van der Waals surface area contributed by atoms with Crippen molar-refractivity contribution in [3.8, 4) is 0 Å². The summed E-state index contributed by atoms with van der Waals surface area (Å²) < 4.78 is 5.33. The molecule has 110 valence electrons. The highest BCUT2D eigenvalue weighted by molar-refractivity contribution is 5.78. The van der Waals surface area contributed by atoms with Crippen LogP contribution in [-0.4, -0.2) is 29.4 Å². The molecule has 0 radical (unpaired) electrons. The lowest BCUT2D eigenvalue weighted by Gasteiger charge is -2.28. The van der Waals surface area contributed by atoms with Gasteiger partial charge in [-0.05, 0) is 25.0 Å². The first kappa shape index (κ1) is 14.4. The number of nitrogens with zero attached hydrogens (tertiary/aromatic N) is 1. The number of nitrogens with one attached hydrogen (secondary N) is 1. The molecular weight excluding hydrogens is 258 g/mol. The SMILES string of the molecule is NC(=O)NCCC(=O)N(Cc1ccco1)C1CCCC1. The van der Waals surface area contributed by atoms with Gasteiger partial charge in [0, 0.05) is 19.0 Å². The standard InChI is InChI=1S/C14H21N3O3/c15-14(19)16-8-7-13(18)17(11-4-1-2-5-11)10-12-6-3-9-20-12/h3,6,9,11H,1-2,4-5,7-8,10H2,(H3,15,16,19). The normalized spacial score (nSPS) is 15.2. The Kier molecular flexibility index (Phi) is 5.03. The lowest BCUT2D eigenvalue weighted by Crippen LogP contribution is -2.40. The molecule has 3 amide bonds. The number of urea groups is 1. The van der Waals surface area contributed by atoms with Crippen molar-refractivity contribution in [2.45, 2.75) is 44.7 Å². The minimum absolute atomic E-state index is 0.0297. The summed E-state index contributed by atoms with van der Waals surface area (Å²) in [6.45, 7) is 0.766. The zero-order valence-corrected chi connectivity index (χ0v) is 11.5. The first-order valence-corrected chi connectivity index (χ1v) is 7.02. The number of carbonyl (C=O) groups excluding carboxylic acids is 2. The second kappa shape index (κ2) is 6.98. The maximum Gasteiger partial charge on any atom is 0.312 e. The van der Waals surface area contributed by atoms with Gasteiger partial charge in [0.1, 0.15) is 5.76 Å². The number of carbonyl (C=O) groups is 2. The molecule has 0 spiro atoms. The third-order valence-corrected chi connectivity index (χ3v) is 3.63. The summed E-state index contributed by atoms with van der Waals surface area (Å²) in [5.74, 6) is 0.815. The Hall–Kier alpha value is -1.98. The smallest absolute Gasteiger partial charge is 0.312 e. The molecule has 6 heteroatoms. The van der Waals surface area contributed by atoms with Gasteiger partial charge in [-0.1, -0.05) is 12.8 Å².